The van der Waals surface area contributed by atoms with Crippen molar-refractivity contribution in [2.24, 2.45) is 0 Å². The van der Waals surface area contributed by atoms with Crippen LogP contribution in [0.4, 0.5) is 11.6 Å². The molecule has 1 aliphatic rings. The van der Waals surface area contributed by atoms with Gasteiger partial charge in [0.1, 0.15) is 34.9 Å². The van der Waals surface area contributed by atoms with Gasteiger partial charge in [-0.05, 0) is 24.0 Å². The maximum absolute atomic E-state index is 9.92. The molecule has 3 N–H and O–H groups in total. The summed E-state index contributed by atoms with van der Waals surface area (Å²) in [6.45, 7) is 2.87. The first-order chi connectivity index (χ1) is 15.2. The third-order valence-corrected chi connectivity index (χ3v) is 5.69. The summed E-state index contributed by atoms with van der Waals surface area (Å²) in [7, 11) is 0. The van der Waals surface area contributed by atoms with E-state index in [4.69, 9.17) is 5.73 Å². The number of aromatic nitrogens is 1. The lowest BCUT2D eigenvalue weighted by molar-refractivity contribution is 0.211. The van der Waals surface area contributed by atoms with E-state index in [1.54, 1.807) is 0 Å². The van der Waals surface area contributed by atoms with Crippen molar-refractivity contribution in [2.45, 2.75) is 25.4 Å². The van der Waals surface area contributed by atoms with Gasteiger partial charge in [0.25, 0.3) is 0 Å². The lowest BCUT2D eigenvalue weighted by Gasteiger charge is -2.33. The average Bonchev–Trinajstić information content (AvgIpc) is 2.81. The molecule has 1 fully saturated rings. The van der Waals surface area contributed by atoms with Crippen molar-refractivity contribution < 1.29 is 0 Å². The third-order valence-electron chi connectivity index (χ3n) is 5.69. The smallest absolute Gasteiger partial charge is 0.147 e. The molecule has 4 rings (SSSR count). The molecule has 3 aromatic rings. The number of piperidine rings is 1. The van der Waals surface area contributed by atoms with Crippen molar-refractivity contribution >= 4 is 11.6 Å². The van der Waals surface area contributed by atoms with Gasteiger partial charge in [0.15, 0.2) is 0 Å². The van der Waals surface area contributed by atoms with Crippen molar-refractivity contribution in [3.63, 3.8) is 0 Å². The van der Waals surface area contributed by atoms with Crippen molar-refractivity contribution in [1.82, 2.24) is 9.88 Å². The van der Waals surface area contributed by atoms with Crippen LogP contribution in [0.15, 0.2) is 60.7 Å². The fourth-order valence-corrected chi connectivity index (χ4v) is 4.09. The Morgan fingerprint density at radius 3 is 2.16 bits per heavy atom. The van der Waals surface area contributed by atoms with E-state index in [1.807, 2.05) is 36.4 Å². The highest BCUT2D eigenvalue weighted by atomic mass is 15.1. The topological polar surface area (TPSA) is 102 Å². The summed E-state index contributed by atoms with van der Waals surface area (Å²) in [6.07, 6.45) is 1.89. The zero-order valence-electron chi connectivity index (χ0n) is 17.3. The summed E-state index contributed by atoms with van der Waals surface area (Å²) < 4.78 is 0. The Balaban J connectivity index is 1.54. The van der Waals surface area contributed by atoms with Crippen LogP contribution in [-0.2, 0) is 6.54 Å². The van der Waals surface area contributed by atoms with Crippen LogP contribution in [0.5, 0.6) is 0 Å². The van der Waals surface area contributed by atoms with E-state index in [9.17, 15) is 10.5 Å². The van der Waals surface area contributed by atoms with Gasteiger partial charge in [-0.3, -0.25) is 4.90 Å². The summed E-state index contributed by atoms with van der Waals surface area (Å²) in [6, 6.07) is 24.5. The molecule has 6 nitrogen and oxygen atoms in total. The van der Waals surface area contributed by atoms with E-state index in [0.29, 0.717) is 16.9 Å². The van der Waals surface area contributed by atoms with Gasteiger partial charge in [0, 0.05) is 31.2 Å². The number of hydrogen-bond donors (Lipinski definition) is 2. The summed E-state index contributed by atoms with van der Waals surface area (Å²) in [5, 5.41) is 23.0. The van der Waals surface area contributed by atoms with Crippen LogP contribution in [0.1, 0.15) is 29.5 Å². The first-order valence-electron chi connectivity index (χ1n) is 10.4. The number of nitriles is 2. The van der Waals surface area contributed by atoms with Gasteiger partial charge in [-0.15, -0.1) is 0 Å². The van der Waals surface area contributed by atoms with Crippen molar-refractivity contribution in [3.05, 3.63) is 77.4 Å². The van der Waals surface area contributed by atoms with E-state index in [2.05, 4.69) is 51.6 Å². The number of pyridine rings is 1. The minimum absolute atomic E-state index is 0.143. The minimum atomic E-state index is 0.143. The molecule has 0 aliphatic carbocycles. The van der Waals surface area contributed by atoms with Crippen LogP contribution in [-0.4, -0.2) is 29.0 Å². The Hall–Kier alpha value is -3.87. The molecule has 0 radical (unpaired) electrons. The zero-order valence-corrected chi connectivity index (χ0v) is 17.3. The fraction of sp³-hybridized carbons (Fsp3) is 0.240. The molecule has 2 heterocycles. The second kappa shape index (κ2) is 9.30. The van der Waals surface area contributed by atoms with E-state index in [-0.39, 0.29) is 17.4 Å². The number of nitrogen functional groups attached to an aromatic ring is 1. The second-order valence-corrected chi connectivity index (χ2v) is 7.74. The number of nitrogens with zero attached hydrogens (tertiary/aromatic N) is 4. The van der Waals surface area contributed by atoms with Gasteiger partial charge in [-0.1, -0.05) is 60.7 Å². The standard InChI is InChI=1S/C25H24N6/c26-15-21-23(19-9-5-2-6-10-19)22(16-27)25(30-24(21)28)29-20-11-13-31(14-12-20)17-18-7-3-1-4-8-18/h1-10,20H,11-14,17H2,(H3,28,29,30). The molecule has 1 aromatic heterocycles. The molecule has 6 heteroatoms. The number of nitrogens with two attached hydrogens (primary N) is 1. The predicted molar refractivity (Wildman–Crippen MR) is 122 cm³/mol. The quantitative estimate of drug-likeness (QED) is 0.657. The Labute approximate surface area is 182 Å². The van der Waals surface area contributed by atoms with E-state index >= 15 is 0 Å². The molecule has 1 aliphatic heterocycles. The number of rotatable bonds is 5. The lowest BCUT2D eigenvalue weighted by Crippen LogP contribution is -2.39. The van der Waals surface area contributed by atoms with Crippen molar-refractivity contribution in [1.29, 1.82) is 10.5 Å². The average molecular weight is 409 g/mol. The molecule has 0 saturated carbocycles. The molecule has 0 unspecified atom stereocenters. The van der Waals surface area contributed by atoms with Gasteiger partial charge in [-0.2, -0.15) is 10.5 Å². The Kier molecular flexibility index (Phi) is 6.12. The molecule has 0 bridgehead atoms. The molecule has 0 spiro atoms. The van der Waals surface area contributed by atoms with Crippen LogP contribution < -0.4 is 11.1 Å². The van der Waals surface area contributed by atoms with Crippen LogP contribution in [0, 0.1) is 22.7 Å². The fourth-order valence-electron chi connectivity index (χ4n) is 4.09. The normalized spacial score (nSPS) is 14.5. The molecule has 0 atom stereocenters. The molecule has 2 aromatic carbocycles. The summed E-state index contributed by atoms with van der Waals surface area (Å²) in [5.74, 6) is 0.601. The largest absolute Gasteiger partial charge is 0.383 e. The van der Waals surface area contributed by atoms with Crippen molar-refractivity contribution in [3.8, 4) is 23.3 Å². The number of likely N-dealkylation sites (tertiary alicyclic amines) is 1. The van der Waals surface area contributed by atoms with Gasteiger partial charge < -0.3 is 11.1 Å². The van der Waals surface area contributed by atoms with Gasteiger partial charge in [0.2, 0.25) is 0 Å². The summed E-state index contributed by atoms with van der Waals surface area (Å²) in [4.78, 5) is 6.83. The van der Waals surface area contributed by atoms with Crippen LogP contribution in [0.2, 0.25) is 0 Å². The Morgan fingerprint density at radius 1 is 0.935 bits per heavy atom. The summed E-state index contributed by atoms with van der Waals surface area (Å²) in [5.41, 5.74) is 9.36. The highest BCUT2D eigenvalue weighted by Gasteiger charge is 2.24. The molecule has 0 amide bonds. The highest BCUT2D eigenvalue weighted by molar-refractivity contribution is 5.84. The van der Waals surface area contributed by atoms with Crippen LogP contribution >= 0.6 is 0 Å². The number of nitrogens with one attached hydrogen (secondary N) is 1. The van der Waals surface area contributed by atoms with E-state index in [1.165, 1.54) is 5.56 Å². The molecule has 31 heavy (non-hydrogen) atoms. The molecule has 1 saturated heterocycles. The van der Waals surface area contributed by atoms with E-state index < -0.39 is 0 Å². The number of benzene rings is 2. The Bertz CT molecular complexity index is 1120. The second-order valence-electron chi connectivity index (χ2n) is 7.74. The lowest BCUT2D eigenvalue weighted by atomic mass is 9.95. The van der Waals surface area contributed by atoms with Gasteiger partial charge >= 0.3 is 0 Å². The maximum Gasteiger partial charge on any atom is 0.147 e. The van der Waals surface area contributed by atoms with Crippen molar-refractivity contribution in [2.75, 3.05) is 24.1 Å². The van der Waals surface area contributed by atoms with E-state index in [0.717, 1.165) is 38.0 Å². The first-order valence-corrected chi connectivity index (χ1v) is 10.4. The highest BCUT2D eigenvalue weighted by Crippen LogP contribution is 2.34. The van der Waals surface area contributed by atoms with Gasteiger partial charge in [0.05, 0.1) is 0 Å². The minimum Gasteiger partial charge on any atom is -0.383 e. The summed E-state index contributed by atoms with van der Waals surface area (Å²) >= 11 is 0. The Morgan fingerprint density at radius 2 is 1.55 bits per heavy atom. The number of anilines is 2. The van der Waals surface area contributed by atoms with Gasteiger partial charge in [-0.25, -0.2) is 4.98 Å². The van der Waals surface area contributed by atoms with Crippen LogP contribution in [0.3, 0.4) is 0 Å². The third kappa shape index (κ3) is 4.50. The predicted octanol–water partition coefficient (Wildman–Crippen LogP) is 4.15. The maximum atomic E-state index is 9.92. The number of hydrogen-bond acceptors (Lipinski definition) is 6. The molecular formula is C25H24N6. The SMILES string of the molecule is N#Cc1c(N)nc(NC2CCN(Cc3ccccc3)CC2)c(C#N)c1-c1ccccc1. The first kappa shape index (κ1) is 20.4. The molecule has 154 valence electrons. The van der Waals surface area contributed by atoms with Crippen LogP contribution in [0.25, 0.3) is 11.1 Å². The monoisotopic (exact) mass is 408 g/mol. The molecular weight excluding hydrogens is 384 g/mol. The zero-order chi connectivity index (χ0) is 21.6.